The molecule has 1 saturated heterocycles. The normalized spacial score (nSPS) is 19.2. The maximum Gasteiger partial charge on any atom is 0.170 e. The molecule has 0 radical (unpaired) electrons. The SMILES string of the molecule is COC1(c2ccc(/C(N)=N/O)cc2)COC1. The van der Waals surface area contributed by atoms with E-state index in [1.165, 1.54) is 0 Å². The maximum atomic E-state index is 8.54. The molecular formula is C11H14N2O3. The maximum absolute atomic E-state index is 8.54. The Kier molecular flexibility index (Phi) is 2.80. The molecule has 1 fully saturated rings. The van der Waals surface area contributed by atoms with Crippen LogP contribution in [-0.4, -0.2) is 31.4 Å². The molecule has 1 aliphatic rings. The first-order valence-corrected chi connectivity index (χ1v) is 4.93. The molecule has 1 aromatic rings. The standard InChI is InChI=1S/C11H14N2O3/c1-15-11(6-16-7-11)9-4-2-8(3-5-9)10(12)13-14/h2-5,14H,6-7H2,1H3,(H2,12,13). The molecule has 5 heteroatoms. The summed E-state index contributed by atoms with van der Waals surface area (Å²) in [5.74, 6) is 0.0999. The van der Waals surface area contributed by atoms with Gasteiger partial charge in [0.1, 0.15) is 5.60 Å². The van der Waals surface area contributed by atoms with Crippen LogP contribution in [0.15, 0.2) is 29.4 Å². The van der Waals surface area contributed by atoms with Gasteiger partial charge in [-0.3, -0.25) is 0 Å². The highest BCUT2D eigenvalue weighted by Crippen LogP contribution is 2.32. The van der Waals surface area contributed by atoms with Crippen molar-refractivity contribution in [2.75, 3.05) is 20.3 Å². The fourth-order valence-electron chi connectivity index (χ4n) is 1.69. The predicted octanol–water partition coefficient (Wildman–Crippen LogP) is 0.653. The minimum atomic E-state index is -0.330. The van der Waals surface area contributed by atoms with Crippen molar-refractivity contribution in [1.29, 1.82) is 0 Å². The van der Waals surface area contributed by atoms with Crippen molar-refractivity contribution in [3.63, 3.8) is 0 Å². The molecule has 1 aromatic carbocycles. The van der Waals surface area contributed by atoms with E-state index in [0.29, 0.717) is 18.8 Å². The van der Waals surface area contributed by atoms with E-state index in [1.807, 2.05) is 12.1 Å². The molecule has 5 nitrogen and oxygen atoms in total. The molecule has 1 aliphatic heterocycles. The summed E-state index contributed by atoms with van der Waals surface area (Å²) in [7, 11) is 1.67. The highest BCUT2D eigenvalue weighted by atomic mass is 16.6. The van der Waals surface area contributed by atoms with Crippen LogP contribution in [-0.2, 0) is 15.1 Å². The van der Waals surface area contributed by atoms with Crippen LogP contribution in [0.2, 0.25) is 0 Å². The lowest BCUT2D eigenvalue weighted by Gasteiger charge is -2.40. The number of nitrogens with two attached hydrogens (primary N) is 1. The zero-order valence-corrected chi connectivity index (χ0v) is 9.01. The molecule has 0 amide bonds. The number of methoxy groups -OCH3 is 1. The Bertz CT molecular complexity index is 391. The van der Waals surface area contributed by atoms with Gasteiger partial charge in [0.15, 0.2) is 5.84 Å². The van der Waals surface area contributed by atoms with Crippen molar-refractivity contribution in [3.8, 4) is 0 Å². The summed E-state index contributed by atoms with van der Waals surface area (Å²) < 4.78 is 10.6. The molecule has 2 rings (SSSR count). The van der Waals surface area contributed by atoms with E-state index in [0.717, 1.165) is 5.56 Å². The summed E-state index contributed by atoms with van der Waals surface area (Å²) in [5.41, 5.74) is 6.86. The lowest BCUT2D eigenvalue weighted by atomic mass is 9.91. The van der Waals surface area contributed by atoms with Crippen LogP contribution < -0.4 is 5.73 Å². The zero-order valence-electron chi connectivity index (χ0n) is 9.01. The Balaban J connectivity index is 2.25. The van der Waals surface area contributed by atoms with Crippen molar-refractivity contribution in [2.24, 2.45) is 10.9 Å². The van der Waals surface area contributed by atoms with Crippen LogP contribution in [0.3, 0.4) is 0 Å². The van der Waals surface area contributed by atoms with Gasteiger partial charge in [-0.2, -0.15) is 0 Å². The number of hydrogen-bond acceptors (Lipinski definition) is 4. The van der Waals surface area contributed by atoms with Gasteiger partial charge in [0.05, 0.1) is 13.2 Å². The van der Waals surface area contributed by atoms with Crippen molar-refractivity contribution < 1.29 is 14.7 Å². The summed E-state index contributed by atoms with van der Waals surface area (Å²) in [6.45, 7) is 1.12. The lowest BCUT2D eigenvalue weighted by Crippen LogP contribution is -2.48. The number of amidine groups is 1. The summed E-state index contributed by atoms with van der Waals surface area (Å²) in [6, 6.07) is 7.39. The van der Waals surface area contributed by atoms with Gasteiger partial charge in [-0.15, -0.1) is 0 Å². The van der Waals surface area contributed by atoms with Crippen LogP contribution >= 0.6 is 0 Å². The molecule has 0 bridgehead atoms. The lowest BCUT2D eigenvalue weighted by molar-refractivity contribution is -0.202. The van der Waals surface area contributed by atoms with E-state index in [9.17, 15) is 0 Å². The quantitative estimate of drug-likeness (QED) is 0.341. The van der Waals surface area contributed by atoms with Gasteiger partial charge in [-0.1, -0.05) is 29.4 Å². The predicted molar refractivity (Wildman–Crippen MR) is 58.5 cm³/mol. The smallest absolute Gasteiger partial charge is 0.170 e. The zero-order chi connectivity index (χ0) is 11.6. The second kappa shape index (κ2) is 4.11. The topological polar surface area (TPSA) is 77.1 Å². The van der Waals surface area contributed by atoms with Crippen LogP contribution in [0.4, 0.5) is 0 Å². The molecule has 0 spiro atoms. The first-order chi connectivity index (χ1) is 7.72. The van der Waals surface area contributed by atoms with Crippen LogP contribution in [0.25, 0.3) is 0 Å². The molecule has 3 N–H and O–H groups in total. The van der Waals surface area contributed by atoms with Crippen molar-refractivity contribution in [3.05, 3.63) is 35.4 Å². The number of hydrogen-bond donors (Lipinski definition) is 2. The van der Waals surface area contributed by atoms with E-state index in [4.69, 9.17) is 20.4 Å². The molecule has 86 valence electrons. The van der Waals surface area contributed by atoms with Crippen LogP contribution in [0.1, 0.15) is 11.1 Å². The summed E-state index contributed by atoms with van der Waals surface area (Å²) in [5, 5.41) is 11.5. The molecule has 1 heterocycles. The fraction of sp³-hybridized carbons (Fsp3) is 0.364. The largest absolute Gasteiger partial charge is 0.409 e. The third-order valence-electron chi connectivity index (χ3n) is 2.88. The van der Waals surface area contributed by atoms with E-state index < -0.39 is 0 Å². The molecule has 0 aromatic heterocycles. The van der Waals surface area contributed by atoms with Gasteiger partial charge in [0.2, 0.25) is 0 Å². The Labute approximate surface area is 93.5 Å². The molecule has 16 heavy (non-hydrogen) atoms. The van der Waals surface area contributed by atoms with E-state index in [2.05, 4.69) is 5.16 Å². The van der Waals surface area contributed by atoms with E-state index >= 15 is 0 Å². The fourth-order valence-corrected chi connectivity index (χ4v) is 1.69. The summed E-state index contributed by atoms with van der Waals surface area (Å²) in [6.07, 6.45) is 0. The third kappa shape index (κ3) is 1.64. The second-order valence-electron chi connectivity index (χ2n) is 3.75. The molecule has 0 unspecified atom stereocenters. The number of oxime groups is 1. The number of benzene rings is 1. The Hall–Kier alpha value is -1.59. The number of nitrogens with zero attached hydrogens (tertiary/aromatic N) is 1. The van der Waals surface area contributed by atoms with Gasteiger partial charge in [0, 0.05) is 12.7 Å². The van der Waals surface area contributed by atoms with Gasteiger partial charge in [-0.25, -0.2) is 0 Å². The Morgan fingerprint density at radius 2 is 2.06 bits per heavy atom. The summed E-state index contributed by atoms with van der Waals surface area (Å²) >= 11 is 0. The molecule has 0 aliphatic carbocycles. The van der Waals surface area contributed by atoms with Crippen LogP contribution in [0, 0.1) is 0 Å². The van der Waals surface area contributed by atoms with Gasteiger partial charge in [-0.05, 0) is 5.56 Å². The first kappa shape index (κ1) is 10.9. The third-order valence-corrected chi connectivity index (χ3v) is 2.88. The van der Waals surface area contributed by atoms with E-state index in [-0.39, 0.29) is 11.4 Å². The van der Waals surface area contributed by atoms with Crippen molar-refractivity contribution >= 4 is 5.84 Å². The van der Waals surface area contributed by atoms with Crippen LogP contribution in [0.5, 0.6) is 0 Å². The monoisotopic (exact) mass is 222 g/mol. The average molecular weight is 222 g/mol. The van der Waals surface area contributed by atoms with Crippen molar-refractivity contribution in [1.82, 2.24) is 0 Å². The van der Waals surface area contributed by atoms with Gasteiger partial charge < -0.3 is 20.4 Å². The van der Waals surface area contributed by atoms with Gasteiger partial charge >= 0.3 is 0 Å². The number of rotatable bonds is 3. The Morgan fingerprint density at radius 1 is 1.44 bits per heavy atom. The van der Waals surface area contributed by atoms with Crippen molar-refractivity contribution in [2.45, 2.75) is 5.60 Å². The second-order valence-corrected chi connectivity index (χ2v) is 3.75. The average Bonchev–Trinajstić information content (AvgIpc) is 2.28. The highest BCUT2D eigenvalue weighted by molar-refractivity contribution is 5.96. The van der Waals surface area contributed by atoms with E-state index in [1.54, 1.807) is 19.2 Å². The minimum Gasteiger partial charge on any atom is -0.409 e. The van der Waals surface area contributed by atoms with Gasteiger partial charge in [0.25, 0.3) is 0 Å². The first-order valence-electron chi connectivity index (χ1n) is 4.93. The molecule has 0 atom stereocenters. The number of ether oxygens (including phenoxy) is 2. The summed E-state index contributed by atoms with van der Waals surface area (Å²) in [4.78, 5) is 0. The molecule has 0 saturated carbocycles. The molecular weight excluding hydrogens is 208 g/mol. The minimum absolute atomic E-state index is 0.0999. The Morgan fingerprint density at radius 3 is 2.44 bits per heavy atom. The highest BCUT2D eigenvalue weighted by Gasteiger charge is 2.40.